The zero-order chi connectivity index (χ0) is 22.6. The molecule has 1 amide bonds. The number of hydrogen-bond donors (Lipinski definition) is 1. The Bertz CT molecular complexity index is 1190. The van der Waals surface area contributed by atoms with Crippen LogP contribution in [0.2, 0.25) is 5.02 Å². The Balaban J connectivity index is 2.07. The van der Waals surface area contributed by atoms with Gasteiger partial charge in [-0.1, -0.05) is 17.7 Å². The second-order valence-electron chi connectivity index (χ2n) is 6.48. The van der Waals surface area contributed by atoms with Crippen molar-refractivity contribution in [3.63, 3.8) is 0 Å². The summed E-state index contributed by atoms with van der Waals surface area (Å²) in [6, 6.07) is 10.9. The first-order valence-electron chi connectivity index (χ1n) is 8.93. The zero-order valence-corrected chi connectivity index (χ0v) is 17.8. The van der Waals surface area contributed by atoms with E-state index >= 15 is 0 Å². The van der Waals surface area contributed by atoms with E-state index in [0.717, 1.165) is 18.2 Å². The van der Waals surface area contributed by atoms with Crippen LogP contribution in [-0.4, -0.2) is 26.6 Å². The first-order chi connectivity index (χ1) is 14.7. The van der Waals surface area contributed by atoms with Gasteiger partial charge in [-0.25, -0.2) is 22.0 Å². The average Bonchev–Trinajstić information content (AvgIpc) is 2.75. The highest BCUT2D eigenvalue weighted by Crippen LogP contribution is 2.36. The van der Waals surface area contributed by atoms with Gasteiger partial charge in [-0.15, -0.1) is 0 Å². The van der Waals surface area contributed by atoms with Gasteiger partial charge in [-0.3, -0.25) is 4.98 Å². The number of alkyl carbamates (subject to hydrolysis) is 1. The third-order valence-corrected chi connectivity index (χ3v) is 6.73. The highest BCUT2D eigenvalue weighted by molar-refractivity contribution is 7.91. The summed E-state index contributed by atoms with van der Waals surface area (Å²) in [5.74, 6) is -1.67. The quantitative estimate of drug-likeness (QED) is 0.580. The van der Waals surface area contributed by atoms with Gasteiger partial charge in [-0.05, 0) is 54.1 Å². The molecular weight excluding hydrogens is 450 g/mol. The molecule has 3 aromatic rings. The number of carbonyl (C=O) groups excluding carboxylic acids is 1. The van der Waals surface area contributed by atoms with Crippen molar-refractivity contribution < 1.29 is 26.7 Å². The van der Waals surface area contributed by atoms with E-state index in [-0.39, 0.29) is 22.7 Å². The number of aromatic nitrogens is 1. The molecule has 0 spiro atoms. The molecule has 6 nitrogen and oxygen atoms in total. The van der Waals surface area contributed by atoms with Crippen LogP contribution >= 0.6 is 11.6 Å². The molecule has 0 fully saturated rings. The van der Waals surface area contributed by atoms with Crippen LogP contribution in [0.5, 0.6) is 0 Å². The Labute approximate surface area is 182 Å². The van der Waals surface area contributed by atoms with Crippen LogP contribution < -0.4 is 5.32 Å². The standard InChI is InChI=1S/C21H17ClF2N2O4S/c1-30-21(27)26-12-13-2-9-19(25-11-13)20(17-10-15(23)5-8-18(17)24)31(28,29)16-6-3-14(22)4-7-16/h2-11,20H,12H2,1H3,(H,26,27). The zero-order valence-electron chi connectivity index (χ0n) is 16.2. The number of benzene rings is 2. The smallest absolute Gasteiger partial charge is 0.407 e. The fourth-order valence-corrected chi connectivity index (χ4v) is 4.79. The molecule has 1 unspecified atom stereocenters. The van der Waals surface area contributed by atoms with Crippen LogP contribution in [0, 0.1) is 11.6 Å². The number of amides is 1. The Morgan fingerprint density at radius 3 is 2.45 bits per heavy atom. The minimum atomic E-state index is -4.22. The number of pyridine rings is 1. The molecule has 0 saturated heterocycles. The molecule has 0 saturated carbocycles. The van der Waals surface area contributed by atoms with Crippen LogP contribution in [0.15, 0.2) is 65.7 Å². The molecule has 31 heavy (non-hydrogen) atoms. The van der Waals surface area contributed by atoms with Crippen LogP contribution in [-0.2, 0) is 21.1 Å². The summed E-state index contributed by atoms with van der Waals surface area (Å²) in [6.07, 6.45) is 0.696. The van der Waals surface area contributed by atoms with E-state index < -0.39 is 32.8 Å². The molecule has 3 rings (SSSR count). The van der Waals surface area contributed by atoms with E-state index in [1.807, 2.05) is 0 Å². The summed E-state index contributed by atoms with van der Waals surface area (Å²) in [4.78, 5) is 15.2. The van der Waals surface area contributed by atoms with Gasteiger partial charge in [-0.2, -0.15) is 0 Å². The fraction of sp³-hybridized carbons (Fsp3) is 0.143. The fourth-order valence-electron chi connectivity index (χ4n) is 2.90. The Morgan fingerprint density at radius 2 is 1.84 bits per heavy atom. The van der Waals surface area contributed by atoms with Gasteiger partial charge in [0.05, 0.1) is 17.7 Å². The summed E-state index contributed by atoms with van der Waals surface area (Å²) in [5, 5.41) is 1.19. The number of nitrogens with one attached hydrogen (secondary N) is 1. The number of ether oxygens (including phenoxy) is 1. The van der Waals surface area contributed by atoms with Gasteiger partial charge in [0.15, 0.2) is 9.84 Å². The lowest BCUT2D eigenvalue weighted by atomic mass is 10.1. The molecule has 1 heterocycles. The summed E-state index contributed by atoms with van der Waals surface area (Å²) in [6.45, 7) is 0.0862. The molecule has 1 aromatic heterocycles. The predicted molar refractivity (Wildman–Crippen MR) is 110 cm³/mol. The second-order valence-corrected chi connectivity index (χ2v) is 8.95. The maximum absolute atomic E-state index is 14.6. The molecule has 0 aliphatic rings. The minimum absolute atomic E-state index is 0.0127. The van der Waals surface area contributed by atoms with Crippen molar-refractivity contribution in [1.29, 1.82) is 0 Å². The number of carbonyl (C=O) groups is 1. The lowest BCUT2D eigenvalue weighted by Crippen LogP contribution is -2.22. The Kier molecular flexibility index (Phi) is 6.87. The maximum Gasteiger partial charge on any atom is 0.407 e. The first kappa shape index (κ1) is 22.6. The highest BCUT2D eigenvalue weighted by atomic mass is 35.5. The van der Waals surface area contributed by atoms with E-state index in [1.165, 1.54) is 49.7 Å². The van der Waals surface area contributed by atoms with Crippen molar-refractivity contribution in [2.75, 3.05) is 7.11 Å². The van der Waals surface area contributed by atoms with Crippen molar-refractivity contribution in [3.05, 3.63) is 94.3 Å². The SMILES string of the molecule is COC(=O)NCc1ccc(C(c2cc(F)ccc2F)S(=O)(=O)c2ccc(Cl)cc2)nc1. The van der Waals surface area contributed by atoms with Crippen molar-refractivity contribution in [2.24, 2.45) is 0 Å². The normalized spacial score (nSPS) is 12.3. The van der Waals surface area contributed by atoms with E-state index in [0.29, 0.717) is 10.6 Å². The lowest BCUT2D eigenvalue weighted by molar-refractivity contribution is 0.170. The molecule has 1 N–H and O–H groups in total. The third kappa shape index (κ3) is 5.18. The van der Waals surface area contributed by atoms with Crippen molar-refractivity contribution >= 4 is 27.5 Å². The molecule has 0 aliphatic heterocycles. The van der Waals surface area contributed by atoms with Gasteiger partial charge in [0, 0.05) is 23.3 Å². The number of rotatable bonds is 6. The van der Waals surface area contributed by atoms with Gasteiger partial charge in [0.2, 0.25) is 0 Å². The predicted octanol–water partition coefficient (Wildman–Crippen LogP) is 4.43. The van der Waals surface area contributed by atoms with Gasteiger partial charge in [0.1, 0.15) is 16.9 Å². The molecule has 0 radical (unpaired) electrons. The number of nitrogens with zero attached hydrogens (tertiary/aromatic N) is 1. The van der Waals surface area contributed by atoms with E-state index in [9.17, 15) is 22.0 Å². The Morgan fingerprint density at radius 1 is 1.13 bits per heavy atom. The largest absolute Gasteiger partial charge is 0.453 e. The average molecular weight is 467 g/mol. The van der Waals surface area contributed by atoms with Crippen LogP contribution in [0.1, 0.15) is 22.1 Å². The molecule has 0 bridgehead atoms. The topological polar surface area (TPSA) is 85.4 Å². The third-order valence-electron chi connectivity index (χ3n) is 4.43. The van der Waals surface area contributed by atoms with Crippen LogP contribution in [0.3, 0.4) is 0 Å². The number of methoxy groups -OCH3 is 1. The molecule has 10 heteroatoms. The number of hydrogen-bond acceptors (Lipinski definition) is 5. The summed E-state index contributed by atoms with van der Waals surface area (Å²) in [7, 11) is -3.00. The molecular formula is C21H17ClF2N2O4S. The van der Waals surface area contributed by atoms with E-state index in [1.54, 1.807) is 0 Å². The van der Waals surface area contributed by atoms with Crippen LogP contribution in [0.25, 0.3) is 0 Å². The summed E-state index contributed by atoms with van der Waals surface area (Å²) in [5.41, 5.74) is 0.167. The van der Waals surface area contributed by atoms with Gasteiger partial charge >= 0.3 is 6.09 Å². The monoisotopic (exact) mass is 466 g/mol. The summed E-state index contributed by atoms with van der Waals surface area (Å²) < 4.78 is 59.8. The van der Waals surface area contributed by atoms with E-state index in [2.05, 4.69) is 15.0 Å². The van der Waals surface area contributed by atoms with Gasteiger partial charge in [0.25, 0.3) is 0 Å². The van der Waals surface area contributed by atoms with Crippen molar-refractivity contribution in [1.82, 2.24) is 10.3 Å². The minimum Gasteiger partial charge on any atom is -0.453 e. The summed E-state index contributed by atoms with van der Waals surface area (Å²) >= 11 is 5.85. The Hall–Kier alpha value is -3.04. The number of sulfone groups is 1. The molecule has 1 atom stereocenters. The van der Waals surface area contributed by atoms with Crippen molar-refractivity contribution in [2.45, 2.75) is 16.7 Å². The molecule has 162 valence electrons. The second kappa shape index (κ2) is 9.40. The first-order valence-corrected chi connectivity index (χ1v) is 10.9. The number of halogens is 3. The lowest BCUT2D eigenvalue weighted by Gasteiger charge is -2.19. The van der Waals surface area contributed by atoms with Crippen LogP contribution in [0.4, 0.5) is 13.6 Å². The van der Waals surface area contributed by atoms with Crippen molar-refractivity contribution in [3.8, 4) is 0 Å². The van der Waals surface area contributed by atoms with E-state index in [4.69, 9.17) is 11.6 Å². The molecule has 2 aromatic carbocycles. The molecule has 0 aliphatic carbocycles. The maximum atomic E-state index is 14.6. The van der Waals surface area contributed by atoms with Gasteiger partial charge < -0.3 is 10.1 Å². The highest BCUT2D eigenvalue weighted by Gasteiger charge is 2.34.